The van der Waals surface area contributed by atoms with Gasteiger partial charge in [0, 0.05) is 37.5 Å². The first-order valence-corrected chi connectivity index (χ1v) is 11.2. The number of fused-ring (bicyclic) bond motifs is 2. The number of nitrogens with zero attached hydrogens (tertiary/aromatic N) is 3. The summed E-state index contributed by atoms with van der Waals surface area (Å²) in [7, 11) is 1.88. The fourth-order valence-electron chi connectivity index (χ4n) is 3.77. The predicted octanol–water partition coefficient (Wildman–Crippen LogP) is 6.22. The molecule has 0 bridgehead atoms. The first kappa shape index (κ1) is 23.4. The van der Waals surface area contributed by atoms with Crippen molar-refractivity contribution in [3.8, 4) is 0 Å². The first-order chi connectivity index (χ1) is 14.7. The molecule has 0 saturated carbocycles. The SMILES string of the molecule is CC.CC.CCC(=O)N(C)c1c2c(nc3ccccc13)N(Cc1ccccc1)CC2. The van der Waals surface area contributed by atoms with Gasteiger partial charge < -0.3 is 9.80 Å². The molecule has 1 aliphatic heterocycles. The zero-order valence-electron chi connectivity index (χ0n) is 19.3. The van der Waals surface area contributed by atoms with E-state index >= 15 is 0 Å². The van der Waals surface area contributed by atoms with Gasteiger partial charge in [0.2, 0.25) is 5.91 Å². The third-order valence-electron chi connectivity index (χ3n) is 5.10. The minimum Gasteiger partial charge on any atom is -0.352 e. The predicted molar refractivity (Wildman–Crippen MR) is 129 cm³/mol. The van der Waals surface area contributed by atoms with Crippen LogP contribution in [0.15, 0.2) is 54.6 Å². The Balaban J connectivity index is 0.000000757. The van der Waals surface area contributed by atoms with E-state index in [1.165, 1.54) is 11.1 Å². The summed E-state index contributed by atoms with van der Waals surface area (Å²) in [6.07, 6.45) is 1.41. The van der Waals surface area contributed by atoms with Gasteiger partial charge in [-0.25, -0.2) is 4.98 Å². The van der Waals surface area contributed by atoms with E-state index < -0.39 is 0 Å². The molecule has 30 heavy (non-hydrogen) atoms. The van der Waals surface area contributed by atoms with Crippen molar-refractivity contribution in [2.75, 3.05) is 23.4 Å². The number of pyridine rings is 1. The topological polar surface area (TPSA) is 36.4 Å². The molecule has 0 fully saturated rings. The molecule has 3 aromatic rings. The molecule has 4 nitrogen and oxygen atoms in total. The van der Waals surface area contributed by atoms with E-state index in [1.807, 2.05) is 70.8 Å². The molecule has 1 aliphatic rings. The largest absolute Gasteiger partial charge is 0.352 e. The highest BCUT2D eigenvalue weighted by molar-refractivity contribution is 6.05. The lowest BCUT2D eigenvalue weighted by molar-refractivity contribution is -0.118. The average molecular weight is 406 g/mol. The van der Waals surface area contributed by atoms with E-state index in [0.717, 1.165) is 41.9 Å². The van der Waals surface area contributed by atoms with Gasteiger partial charge >= 0.3 is 0 Å². The summed E-state index contributed by atoms with van der Waals surface area (Å²) >= 11 is 0. The molecule has 0 N–H and O–H groups in total. The Labute approximate surface area is 181 Å². The van der Waals surface area contributed by atoms with Crippen LogP contribution in [-0.2, 0) is 17.8 Å². The van der Waals surface area contributed by atoms with Crippen molar-refractivity contribution in [2.45, 2.75) is 54.0 Å². The number of carbonyl (C=O) groups excluding carboxylic acids is 1. The number of hydrogen-bond donors (Lipinski definition) is 0. The third-order valence-corrected chi connectivity index (χ3v) is 5.10. The maximum absolute atomic E-state index is 12.4. The number of aromatic nitrogens is 1. The Kier molecular flexibility index (Phi) is 8.85. The molecule has 0 spiro atoms. The molecule has 1 amide bonds. The Morgan fingerprint density at radius 2 is 1.63 bits per heavy atom. The second kappa shape index (κ2) is 11.3. The molecule has 4 rings (SSSR count). The highest BCUT2D eigenvalue weighted by atomic mass is 16.2. The summed E-state index contributed by atoms with van der Waals surface area (Å²) in [6, 6.07) is 18.6. The number of amides is 1. The molecule has 0 aliphatic carbocycles. The average Bonchev–Trinajstić information content (AvgIpc) is 3.21. The van der Waals surface area contributed by atoms with Crippen LogP contribution in [0, 0.1) is 0 Å². The van der Waals surface area contributed by atoms with E-state index in [0.29, 0.717) is 6.42 Å². The Morgan fingerprint density at radius 1 is 1.00 bits per heavy atom. The maximum Gasteiger partial charge on any atom is 0.226 e. The number of anilines is 2. The maximum atomic E-state index is 12.4. The monoisotopic (exact) mass is 405 g/mol. The van der Waals surface area contributed by atoms with Crippen molar-refractivity contribution in [1.82, 2.24) is 4.98 Å². The van der Waals surface area contributed by atoms with E-state index in [4.69, 9.17) is 4.98 Å². The smallest absolute Gasteiger partial charge is 0.226 e. The minimum absolute atomic E-state index is 0.130. The fourth-order valence-corrected chi connectivity index (χ4v) is 3.77. The number of carbonyl (C=O) groups is 1. The lowest BCUT2D eigenvalue weighted by atomic mass is 10.1. The normalized spacial score (nSPS) is 11.7. The number of benzene rings is 2. The third kappa shape index (κ3) is 4.81. The Hall–Kier alpha value is -2.88. The lowest BCUT2D eigenvalue weighted by Crippen LogP contribution is -2.26. The Bertz CT molecular complexity index is 953. The van der Waals surface area contributed by atoms with Gasteiger partial charge in [-0.05, 0) is 18.1 Å². The molecule has 2 aromatic carbocycles. The van der Waals surface area contributed by atoms with E-state index in [9.17, 15) is 4.79 Å². The molecular weight excluding hydrogens is 370 g/mol. The lowest BCUT2D eigenvalue weighted by Gasteiger charge is -2.24. The highest BCUT2D eigenvalue weighted by Crippen LogP contribution is 2.39. The van der Waals surface area contributed by atoms with Crippen molar-refractivity contribution < 1.29 is 4.79 Å². The van der Waals surface area contributed by atoms with Gasteiger partial charge in [-0.15, -0.1) is 0 Å². The summed E-state index contributed by atoms with van der Waals surface area (Å²) in [5.74, 6) is 1.14. The van der Waals surface area contributed by atoms with Gasteiger partial charge in [0.1, 0.15) is 5.82 Å². The van der Waals surface area contributed by atoms with Crippen LogP contribution < -0.4 is 9.80 Å². The molecule has 0 atom stereocenters. The van der Waals surface area contributed by atoms with Gasteiger partial charge in [0.05, 0.1) is 11.2 Å². The van der Waals surface area contributed by atoms with Crippen molar-refractivity contribution in [3.05, 3.63) is 65.7 Å². The molecule has 0 radical (unpaired) electrons. The zero-order chi connectivity index (χ0) is 22.1. The van der Waals surface area contributed by atoms with Crippen LogP contribution in [0.5, 0.6) is 0 Å². The highest BCUT2D eigenvalue weighted by Gasteiger charge is 2.28. The quantitative estimate of drug-likeness (QED) is 0.517. The van der Waals surface area contributed by atoms with Crippen LogP contribution in [0.3, 0.4) is 0 Å². The van der Waals surface area contributed by atoms with Crippen molar-refractivity contribution in [2.24, 2.45) is 0 Å². The second-order valence-electron chi connectivity index (χ2n) is 6.74. The van der Waals surface area contributed by atoms with Gasteiger partial charge in [-0.3, -0.25) is 4.79 Å². The molecule has 0 unspecified atom stereocenters. The molecule has 0 saturated heterocycles. The summed E-state index contributed by atoms with van der Waals surface area (Å²) in [6.45, 7) is 11.7. The molecule has 160 valence electrons. The molecular formula is C26H35N3O. The van der Waals surface area contributed by atoms with Crippen LogP contribution in [-0.4, -0.2) is 24.5 Å². The summed E-state index contributed by atoms with van der Waals surface area (Å²) < 4.78 is 0. The first-order valence-electron chi connectivity index (χ1n) is 11.2. The number of rotatable bonds is 4. The number of para-hydroxylation sites is 1. The van der Waals surface area contributed by atoms with Crippen molar-refractivity contribution >= 4 is 28.3 Å². The van der Waals surface area contributed by atoms with Crippen LogP contribution in [0.1, 0.15) is 52.2 Å². The van der Waals surface area contributed by atoms with Crippen molar-refractivity contribution in [3.63, 3.8) is 0 Å². The van der Waals surface area contributed by atoms with Crippen LogP contribution in [0.4, 0.5) is 11.5 Å². The standard InChI is InChI=1S/C22H23N3O.2C2H6/c1-3-20(26)24(2)21-17-11-7-8-12-19(17)23-22-18(21)13-14-25(22)15-16-9-5-4-6-10-16;2*1-2/h4-12H,3,13-15H2,1-2H3;2*1-2H3. The van der Waals surface area contributed by atoms with E-state index in [2.05, 4.69) is 35.2 Å². The van der Waals surface area contributed by atoms with Gasteiger partial charge in [-0.2, -0.15) is 0 Å². The van der Waals surface area contributed by atoms with Gasteiger partial charge in [0.25, 0.3) is 0 Å². The summed E-state index contributed by atoms with van der Waals surface area (Å²) in [4.78, 5) is 21.5. The summed E-state index contributed by atoms with van der Waals surface area (Å²) in [5.41, 5.74) is 4.42. The van der Waals surface area contributed by atoms with Gasteiger partial charge in [0.15, 0.2) is 0 Å². The number of hydrogen-bond acceptors (Lipinski definition) is 3. The molecule has 2 heterocycles. The van der Waals surface area contributed by atoms with Crippen LogP contribution >= 0.6 is 0 Å². The van der Waals surface area contributed by atoms with E-state index in [1.54, 1.807) is 0 Å². The molecule has 1 aromatic heterocycles. The minimum atomic E-state index is 0.130. The summed E-state index contributed by atoms with van der Waals surface area (Å²) in [5, 5.41) is 1.05. The second-order valence-corrected chi connectivity index (χ2v) is 6.74. The fraction of sp³-hybridized carbons (Fsp3) is 0.385. The van der Waals surface area contributed by atoms with Crippen molar-refractivity contribution in [1.29, 1.82) is 0 Å². The zero-order valence-corrected chi connectivity index (χ0v) is 19.3. The van der Waals surface area contributed by atoms with Crippen LogP contribution in [0.2, 0.25) is 0 Å². The molecule has 4 heteroatoms. The van der Waals surface area contributed by atoms with Crippen LogP contribution in [0.25, 0.3) is 10.9 Å². The van der Waals surface area contributed by atoms with Gasteiger partial charge in [-0.1, -0.05) is 83.1 Å². The Morgan fingerprint density at radius 3 is 2.30 bits per heavy atom. The van der Waals surface area contributed by atoms with E-state index in [-0.39, 0.29) is 5.91 Å².